The predicted molar refractivity (Wildman–Crippen MR) is 98.8 cm³/mol. The van der Waals surface area contributed by atoms with Crippen molar-refractivity contribution in [3.8, 4) is 0 Å². The van der Waals surface area contributed by atoms with Crippen LogP contribution in [0.15, 0.2) is 54.6 Å². The molecule has 1 unspecified atom stereocenters. The van der Waals surface area contributed by atoms with E-state index in [9.17, 15) is 0 Å². The Kier molecular flexibility index (Phi) is 4.59. The quantitative estimate of drug-likeness (QED) is 0.751. The smallest absolute Gasteiger partial charge is 0.0234 e. The maximum atomic E-state index is 2.61. The summed E-state index contributed by atoms with van der Waals surface area (Å²) in [6, 6.07) is 20.1. The Morgan fingerprint density at radius 1 is 0.957 bits per heavy atom. The molecular formula is C22H29N. The number of benzene rings is 2. The van der Waals surface area contributed by atoms with Crippen LogP contribution in [0.5, 0.6) is 0 Å². The Balaban J connectivity index is 1.74. The fourth-order valence-electron chi connectivity index (χ4n) is 3.71. The molecule has 1 aliphatic heterocycles. The van der Waals surface area contributed by atoms with E-state index in [4.69, 9.17) is 0 Å². The van der Waals surface area contributed by atoms with Gasteiger partial charge in [-0.25, -0.2) is 0 Å². The third kappa shape index (κ3) is 3.84. The van der Waals surface area contributed by atoms with Gasteiger partial charge in [-0.05, 0) is 28.0 Å². The average Bonchev–Trinajstić information content (AvgIpc) is 2.88. The van der Waals surface area contributed by atoms with Gasteiger partial charge >= 0.3 is 0 Å². The predicted octanol–water partition coefficient (Wildman–Crippen LogP) is 5.22. The van der Waals surface area contributed by atoms with Gasteiger partial charge in [0, 0.05) is 25.6 Å². The summed E-state index contributed by atoms with van der Waals surface area (Å²) in [5.74, 6) is 1.37. The highest BCUT2D eigenvalue weighted by molar-refractivity contribution is 5.32. The van der Waals surface area contributed by atoms with Crippen molar-refractivity contribution < 1.29 is 0 Å². The molecule has 0 spiro atoms. The van der Waals surface area contributed by atoms with Gasteiger partial charge in [-0.2, -0.15) is 0 Å². The van der Waals surface area contributed by atoms with Gasteiger partial charge in [-0.15, -0.1) is 0 Å². The Hall–Kier alpha value is -1.60. The summed E-state index contributed by atoms with van der Waals surface area (Å²) in [4.78, 5) is 2.61. The van der Waals surface area contributed by atoms with Gasteiger partial charge in [0.15, 0.2) is 0 Å². The first-order valence-corrected chi connectivity index (χ1v) is 8.80. The lowest BCUT2D eigenvalue weighted by atomic mass is 9.83. The third-order valence-corrected chi connectivity index (χ3v) is 5.12. The zero-order chi connectivity index (χ0) is 16.4. The lowest BCUT2D eigenvalue weighted by molar-refractivity contribution is 0.319. The topological polar surface area (TPSA) is 3.24 Å². The molecule has 2 aromatic carbocycles. The van der Waals surface area contributed by atoms with Crippen molar-refractivity contribution >= 4 is 0 Å². The van der Waals surface area contributed by atoms with E-state index >= 15 is 0 Å². The van der Waals surface area contributed by atoms with Crippen LogP contribution in [0.1, 0.15) is 50.3 Å². The molecule has 1 heterocycles. The van der Waals surface area contributed by atoms with Gasteiger partial charge in [-0.1, -0.05) is 82.3 Å². The monoisotopic (exact) mass is 307 g/mol. The molecule has 2 atom stereocenters. The Morgan fingerprint density at radius 2 is 1.70 bits per heavy atom. The van der Waals surface area contributed by atoms with E-state index in [0.29, 0.717) is 11.8 Å². The summed E-state index contributed by atoms with van der Waals surface area (Å²) in [5, 5.41) is 0. The van der Waals surface area contributed by atoms with Crippen molar-refractivity contribution in [2.75, 3.05) is 13.1 Å². The lowest BCUT2D eigenvalue weighted by Crippen LogP contribution is -2.20. The van der Waals surface area contributed by atoms with E-state index in [0.717, 1.165) is 6.54 Å². The van der Waals surface area contributed by atoms with Crippen LogP contribution >= 0.6 is 0 Å². The fraction of sp³-hybridized carbons (Fsp3) is 0.455. The van der Waals surface area contributed by atoms with Crippen LogP contribution in [0.2, 0.25) is 0 Å². The molecule has 122 valence electrons. The number of hydrogen-bond acceptors (Lipinski definition) is 1. The highest BCUT2D eigenvalue weighted by Gasteiger charge is 2.31. The Labute approximate surface area is 141 Å². The Morgan fingerprint density at radius 3 is 2.39 bits per heavy atom. The van der Waals surface area contributed by atoms with E-state index < -0.39 is 0 Å². The fourth-order valence-corrected chi connectivity index (χ4v) is 3.71. The molecule has 0 bridgehead atoms. The summed E-state index contributed by atoms with van der Waals surface area (Å²) in [6.07, 6.45) is 0. The van der Waals surface area contributed by atoms with Crippen molar-refractivity contribution in [3.63, 3.8) is 0 Å². The zero-order valence-electron chi connectivity index (χ0n) is 14.9. The Bertz CT molecular complexity index is 639. The molecule has 2 aromatic rings. The second kappa shape index (κ2) is 6.49. The van der Waals surface area contributed by atoms with Crippen LogP contribution in [-0.2, 0) is 12.0 Å². The maximum absolute atomic E-state index is 2.61. The first-order chi connectivity index (χ1) is 10.9. The molecule has 0 saturated carbocycles. The van der Waals surface area contributed by atoms with E-state index in [1.165, 1.54) is 29.8 Å². The van der Waals surface area contributed by atoms with Gasteiger partial charge in [-0.3, -0.25) is 4.90 Å². The summed E-state index contributed by atoms with van der Waals surface area (Å²) in [5.41, 5.74) is 4.61. The van der Waals surface area contributed by atoms with Crippen LogP contribution < -0.4 is 0 Å². The van der Waals surface area contributed by atoms with E-state index in [-0.39, 0.29) is 5.41 Å². The normalized spacial score (nSPS) is 22.4. The van der Waals surface area contributed by atoms with E-state index in [1.807, 2.05) is 0 Å². The van der Waals surface area contributed by atoms with Gasteiger partial charge < -0.3 is 0 Å². The van der Waals surface area contributed by atoms with Gasteiger partial charge in [0.25, 0.3) is 0 Å². The lowest BCUT2D eigenvalue weighted by Gasteiger charge is -2.22. The van der Waals surface area contributed by atoms with Crippen molar-refractivity contribution in [2.24, 2.45) is 5.92 Å². The third-order valence-electron chi connectivity index (χ3n) is 5.12. The second-order valence-corrected chi connectivity index (χ2v) is 8.14. The first kappa shape index (κ1) is 16.3. The van der Waals surface area contributed by atoms with Crippen molar-refractivity contribution in [1.29, 1.82) is 0 Å². The SMILES string of the molecule is C[C@H]1CN(Cc2ccccc2)CC1c1cccc(C(C)(C)C)c1. The summed E-state index contributed by atoms with van der Waals surface area (Å²) in [7, 11) is 0. The first-order valence-electron chi connectivity index (χ1n) is 8.80. The standard InChI is InChI=1S/C22H29N/c1-17-14-23(15-18-9-6-5-7-10-18)16-21(17)19-11-8-12-20(13-19)22(2,3)4/h5-13,17,21H,14-16H2,1-4H3/t17-,21?/m0/s1. The molecule has 1 saturated heterocycles. The highest BCUT2D eigenvalue weighted by atomic mass is 15.1. The maximum Gasteiger partial charge on any atom is 0.0234 e. The van der Waals surface area contributed by atoms with Crippen LogP contribution in [0, 0.1) is 5.92 Å². The molecule has 1 fully saturated rings. The van der Waals surface area contributed by atoms with E-state index in [1.54, 1.807) is 0 Å². The zero-order valence-corrected chi connectivity index (χ0v) is 14.9. The minimum absolute atomic E-state index is 0.224. The minimum Gasteiger partial charge on any atom is -0.298 e. The van der Waals surface area contributed by atoms with Gasteiger partial charge in [0.05, 0.1) is 0 Å². The van der Waals surface area contributed by atoms with Gasteiger partial charge in [0.2, 0.25) is 0 Å². The average molecular weight is 307 g/mol. The highest BCUT2D eigenvalue weighted by Crippen LogP contribution is 2.35. The summed E-state index contributed by atoms with van der Waals surface area (Å²) < 4.78 is 0. The number of rotatable bonds is 3. The molecule has 0 aliphatic carbocycles. The van der Waals surface area contributed by atoms with Crippen LogP contribution in [0.3, 0.4) is 0 Å². The van der Waals surface area contributed by atoms with Gasteiger partial charge in [0.1, 0.15) is 0 Å². The summed E-state index contributed by atoms with van der Waals surface area (Å²) >= 11 is 0. The molecule has 0 N–H and O–H groups in total. The minimum atomic E-state index is 0.224. The molecule has 1 heteroatoms. The number of hydrogen-bond donors (Lipinski definition) is 0. The van der Waals surface area contributed by atoms with E-state index in [2.05, 4.69) is 87.2 Å². The molecule has 1 nitrogen and oxygen atoms in total. The molecule has 0 radical (unpaired) electrons. The molecule has 1 aliphatic rings. The van der Waals surface area contributed by atoms with Crippen molar-refractivity contribution in [2.45, 2.75) is 45.6 Å². The molecule has 23 heavy (non-hydrogen) atoms. The molecule has 0 amide bonds. The van der Waals surface area contributed by atoms with Crippen molar-refractivity contribution in [3.05, 3.63) is 71.3 Å². The molecule has 0 aromatic heterocycles. The van der Waals surface area contributed by atoms with Crippen LogP contribution in [-0.4, -0.2) is 18.0 Å². The van der Waals surface area contributed by atoms with Crippen LogP contribution in [0.25, 0.3) is 0 Å². The second-order valence-electron chi connectivity index (χ2n) is 8.14. The molecule has 3 rings (SSSR count). The van der Waals surface area contributed by atoms with Crippen LogP contribution in [0.4, 0.5) is 0 Å². The number of nitrogens with zero attached hydrogens (tertiary/aromatic N) is 1. The summed E-state index contributed by atoms with van der Waals surface area (Å²) in [6.45, 7) is 12.7. The van der Waals surface area contributed by atoms with Crippen molar-refractivity contribution in [1.82, 2.24) is 4.90 Å². The molecular weight excluding hydrogens is 278 g/mol. The largest absolute Gasteiger partial charge is 0.298 e. The number of likely N-dealkylation sites (tertiary alicyclic amines) is 1.